The average Bonchev–Trinajstić information content (AvgIpc) is 3.03. The van der Waals surface area contributed by atoms with E-state index in [0.717, 1.165) is 30.8 Å². The van der Waals surface area contributed by atoms with Crippen LogP contribution in [0.5, 0.6) is 0 Å². The Labute approximate surface area is 129 Å². The van der Waals surface area contributed by atoms with Crippen LogP contribution in [0.25, 0.3) is 0 Å². The molecule has 0 saturated heterocycles. The highest BCUT2D eigenvalue weighted by Crippen LogP contribution is 2.29. The maximum atomic E-state index is 12.6. The van der Waals surface area contributed by atoms with Gasteiger partial charge in [0.15, 0.2) is 0 Å². The number of hydrogen-bond donors (Lipinski definition) is 0. The van der Waals surface area contributed by atoms with Crippen LogP contribution < -0.4 is 0 Å². The third kappa shape index (κ3) is 2.62. The molecule has 1 aromatic carbocycles. The molecule has 4 heteroatoms. The van der Waals surface area contributed by atoms with Crippen LogP contribution in [0.1, 0.15) is 29.4 Å². The molecule has 3 rings (SSSR count). The fourth-order valence-corrected chi connectivity index (χ4v) is 3.34. The van der Waals surface area contributed by atoms with E-state index in [4.69, 9.17) is 11.6 Å². The lowest BCUT2D eigenvalue weighted by molar-refractivity contribution is -0.122. The van der Waals surface area contributed by atoms with Gasteiger partial charge in [-0.2, -0.15) is 5.10 Å². The van der Waals surface area contributed by atoms with Crippen molar-refractivity contribution in [1.29, 1.82) is 0 Å². The Kier molecular flexibility index (Phi) is 3.85. The second-order valence-corrected chi connectivity index (χ2v) is 6.06. The number of carbonyl (C=O) groups excluding carboxylic acids is 1. The summed E-state index contributed by atoms with van der Waals surface area (Å²) in [5.41, 5.74) is 4.28. The van der Waals surface area contributed by atoms with Crippen molar-refractivity contribution in [1.82, 2.24) is 9.78 Å². The molecule has 0 atom stereocenters. The first-order valence-electron chi connectivity index (χ1n) is 7.41. The van der Waals surface area contributed by atoms with Gasteiger partial charge in [0.05, 0.1) is 22.8 Å². The number of benzene rings is 1. The van der Waals surface area contributed by atoms with Gasteiger partial charge in [-0.3, -0.25) is 9.48 Å². The molecule has 1 aliphatic rings. The minimum atomic E-state index is 0.0824. The van der Waals surface area contributed by atoms with Gasteiger partial charge in [-0.15, -0.1) is 0 Å². The van der Waals surface area contributed by atoms with Gasteiger partial charge in [-0.25, -0.2) is 0 Å². The molecular formula is C17H19ClN2O. The van der Waals surface area contributed by atoms with E-state index in [1.165, 1.54) is 11.1 Å². The number of aryl methyl sites for hydroxylation is 2. The maximum absolute atomic E-state index is 12.6. The van der Waals surface area contributed by atoms with E-state index in [0.29, 0.717) is 11.4 Å². The molecule has 0 spiro atoms. The van der Waals surface area contributed by atoms with Gasteiger partial charge >= 0.3 is 0 Å². The Morgan fingerprint density at radius 3 is 2.52 bits per heavy atom. The zero-order chi connectivity index (χ0) is 15.0. The normalized spacial score (nSPS) is 14.4. The summed E-state index contributed by atoms with van der Waals surface area (Å²) in [6.45, 7) is 4.64. The topological polar surface area (TPSA) is 34.9 Å². The van der Waals surface area contributed by atoms with E-state index in [9.17, 15) is 4.79 Å². The molecule has 1 aliphatic carbocycles. The van der Waals surface area contributed by atoms with Crippen LogP contribution in [0.2, 0.25) is 5.02 Å². The standard InChI is InChI=1S/C17H19ClN2O/c1-3-20-15(17(18)11(2)19-20)10-16(21)14-8-12-6-4-5-7-13(12)9-14/h4-7,14H,3,8-10H2,1-2H3. The first-order valence-corrected chi connectivity index (χ1v) is 7.79. The van der Waals surface area contributed by atoms with Crippen LogP contribution in [-0.2, 0) is 30.6 Å². The number of halogens is 1. The van der Waals surface area contributed by atoms with Gasteiger partial charge < -0.3 is 0 Å². The predicted molar refractivity (Wildman–Crippen MR) is 83.7 cm³/mol. The van der Waals surface area contributed by atoms with Crippen LogP contribution in [0.4, 0.5) is 0 Å². The molecule has 0 radical (unpaired) electrons. The molecule has 2 aromatic rings. The van der Waals surface area contributed by atoms with Crippen molar-refractivity contribution in [3.05, 3.63) is 51.8 Å². The van der Waals surface area contributed by atoms with Gasteiger partial charge in [0.1, 0.15) is 5.78 Å². The van der Waals surface area contributed by atoms with Crippen molar-refractivity contribution in [3.8, 4) is 0 Å². The highest BCUT2D eigenvalue weighted by Gasteiger charge is 2.28. The molecule has 1 heterocycles. The number of rotatable bonds is 4. The van der Waals surface area contributed by atoms with Crippen molar-refractivity contribution in [2.75, 3.05) is 0 Å². The molecule has 110 valence electrons. The zero-order valence-electron chi connectivity index (χ0n) is 12.4. The molecule has 0 fully saturated rings. The van der Waals surface area contributed by atoms with E-state index in [1.807, 2.05) is 30.7 Å². The van der Waals surface area contributed by atoms with E-state index < -0.39 is 0 Å². The first kappa shape index (κ1) is 14.3. The third-order valence-electron chi connectivity index (χ3n) is 4.30. The summed E-state index contributed by atoms with van der Waals surface area (Å²) < 4.78 is 1.84. The summed E-state index contributed by atoms with van der Waals surface area (Å²) in [6.07, 6.45) is 2.09. The quantitative estimate of drug-likeness (QED) is 0.867. The largest absolute Gasteiger partial charge is 0.299 e. The Morgan fingerprint density at radius 2 is 1.95 bits per heavy atom. The van der Waals surface area contributed by atoms with Crippen molar-refractivity contribution in [2.24, 2.45) is 5.92 Å². The van der Waals surface area contributed by atoms with Crippen molar-refractivity contribution in [2.45, 2.75) is 39.7 Å². The lowest BCUT2D eigenvalue weighted by Gasteiger charge is -2.09. The van der Waals surface area contributed by atoms with E-state index in [1.54, 1.807) is 0 Å². The summed E-state index contributed by atoms with van der Waals surface area (Å²) >= 11 is 6.30. The van der Waals surface area contributed by atoms with Crippen LogP contribution in [0.15, 0.2) is 24.3 Å². The number of Topliss-reactive ketones (excluding diaryl/α,β-unsaturated/α-hetero) is 1. The summed E-state index contributed by atoms with van der Waals surface area (Å²) in [7, 11) is 0. The summed E-state index contributed by atoms with van der Waals surface area (Å²) in [4.78, 5) is 12.6. The van der Waals surface area contributed by atoms with E-state index in [2.05, 4.69) is 17.2 Å². The van der Waals surface area contributed by atoms with Crippen LogP contribution in [0.3, 0.4) is 0 Å². The van der Waals surface area contributed by atoms with Crippen molar-refractivity contribution < 1.29 is 4.79 Å². The second-order valence-electron chi connectivity index (χ2n) is 5.68. The lowest BCUT2D eigenvalue weighted by Crippen LogP contribution is -2.19. The predicted octanol–water partition coefficient (Wildman–Crippen LogP) is 3.39. The Morgan fingerprint density at radius 1 is 1.33 bits per heavy atom. The second kappa shape index (κ2) is 5.64. The third-order valence-corrected chi connectivity index (χ3v) is 4.79. The molecular weight excluding hydrogens is 284 g/mol. The molecule has 3 nitrogen and oxygen atoms in total. The average molecular weight is 303 g/mol. The van der Waals surface area contributed by atoms with Crippen molar-refractivity contribution in [3.63, 3.8) is 0 Å². The number of fused-ring (bicyclic) bond motifs is 1. The zero-order valence-corrected chi connectivity index (χ0v) is 13.2. The monoisotopic (exact) mass is 302 g/mol. The first-order chi connectivity index (χ1) is 10.1. The smallest absolute Gasteiger partial charge is 0.142 e. The van der Waals surface area contributed by atoms with Crippen LogP contribution in [0, 0.1) is 12.8 Å². The summed E-state index contributed by atoms with van der Waals surface area (Å²) in [5.74, 6) is 0.349. The number of ketones is 1. The maximum Gasteiger partial charge on any atom is 0.142 e. The van der Waals surface area contributed by atoms with Gasteiger partial charge in [0.2, 0.25) is 0 Å². The Hall–Kier alpha value is -1.61. The molecule has 21 heavy (non-hydrogen) atoms. The van der Waals surface area contributed by atoms with Crippen LogP contribution in [-0.4, -0.2) is 15.6 Å². The highest BCUT2D eigenvalue weighted by atomic mass is 35.5. The lowest BCUT2D eigenvalue weighted by atomic mass is 9.97. The fourth-order valence-electron chi connectivity index (χ4n) is 3.13. The minimum Gasteiger partial charge on any atom is -0.299 e. The molecule has 0 bridgehead atoms. The molecule has 0 saturated carbocycles. The molecule has 0 unspecified atom stereocenters. The van der Waals surface area contributed by atoms with E-state index in [-0.39, 0.29) is 11.7 Å². The van der Waals surface area contributed by atoms with Gasteiger partial charge in [0.25, 0.3) is 0 Å². The van der Waals surface area contributed by atoms with Gasteiger partial charge in [-0.05, 0) is 37.8 Å². The summed E-state index contributed by atoms with van der Waals surface area (Å²) in [5, 5.41) is 5.02. The molecule has 1 aromatic heterocycles. The van der Waals surface area contributed by atoms with E-state index >= 15 is 0 Å². The summed E-state index contributed by atoms with van der Waals surface area (Å²) in [6, 6.07) is 8.32. The van der Waals surface area contributed by atoms with Crippen LogP contribution >= 0.6 is 11.6 Å². The molecule has 0 N–H and O–H groups in total. The molecule has 0 aliphatic heterocycles. The SMILES string of the molecule is CCn1nc(C)c(Cl)c1CC(=O)C1Cc2ccccc2C1. The number of aromatic nitrogens is 2. The molecule has 0 amide bonds. The highest BCUT2D eigenvalue weighted by molar-refractivity contribution is 6.32. The number of nitrogens with zero attached hydrogens (tertiary/aromatic N) is 2. The van der Waals surface area contributed by atoms with Gasteiger partial charge in [-0.1, -0.05) is 35.9 Å². The minimum absolute atomic E-state index is 0.0824. The van der Waals surface area contributed by atoms with Gasteiger partial charge in [0, 0.05) is 12.5 Å². The Bertz CT molecular complexity index is 665. The Balaban J connectivity index is 1.77. The number of hydrogen-bond acceptors (Lipinski definition) is 2. The fraction of sp³-hybridized carbons (Fsp3) is 0.412. The number of carbonyl (C=O) groups is 1. The van der Waals surface area contributed by atoms with Crippen molar-refractivity contribution >= 4 is 17.4 Å².